The van der Waals surface area contributed by atoms with Gasteiger partial charge in [0.1, 0.15) is 0 Å². The number of halogens is 1. The third kappa shape index (κ3) is 5.15. The normalized spacial score (nSPS) is 10.5. The minimum atomic E-state index is -0.577. The smallest absolute Gasteiger partial charge is 0.316 e. The van der Waals surface area contributed by atoms with Crippen LogP contribution in [0.3, 0.4) is 0 Å². The summed E-state index contributed by atoms with van der Waals surface area (Å²) in [6.07, 6.45) is 0. The number of hydrogen-bond donors (Lipinski definition) is 2. The molecule has 0 bridgehead atoms. The Balaban J connectivity index is 1.53. The molecule has 0 unspecified atom stereocenters. The van der Waals surface area contributed by atoms with Crippen molar-refractivity contribution >= 4 is 27.7 Å². The van der Waals surface area contributed by atoms with Crippen LogP contribution >= 0.6 is 15.9 Å². The second-order valence-corrected chi connectivity index (χ2v) is 6.73. The monoisotopic (exact) mass is 494 g/mol. The molecule has 2 heterocycles. The van der Waals surface area contributed by atoms with E-state index in [0.29, 0.717) is 33.2 Å². The Labute approximate surface area is 185 Å². The third-order valence-electron chi connectivity index (χ3n) is 4.04. The van der Waals surface area contributed by atoms with Gasteiger partial charge in [0.2, 0.25) is 11.6 Å². The number of nitrogens with zero attached hydrogens (tertiary/aromatic N) is 2. The van der Waals surface area contributed by atoms with Gasteiger partial charge >= 0.3 is 11.8 Å². The van der Waals surface area contributed by atoms with Gasteiger partial charge in [-0.2, -0.15) is 4.98 Å². The molecule has 0 aliphatic carbocycles. The van der Waals surface area contributed by atoms with E-state index in [4.69, 9.17) is 23.2 Å². The van der Waals surface area contributed by atoms with E-state index in [1.165, 1.54) is 33.5 Å². The lowest BCUT2D eigenvalue weighted by molar-refractivity contribution is 0.0898. The first-order valence-electron chi connectivity index (χ1n) is 8.92. The van der Waals surface area contributed by atoms with E-state index in [9.17, 15) is 9.59 Å². The Kier molecular flexibility index (Phi) is 7.13. The molecule has 0 aliphatic rings. The predicted octanol–water partition coefficient (Wildman–Crippen LogP) is 2.28. The average molecular weight is 495 g/mol. The van der Waals surface area contributed by atoms with Gasteiger partial charge in [0, 0.05) is 18.7 Å². The van der Waals surface area contributed by atoms with E-state index >= 15 is 0 Å². The zero-order valence-corrected chi connectivity index (χ0v) is 18.4. The molecule has 0 spiro atoms. The van der Waals surface area contributed by atoms with Crippen LogP contribution in [-0.2, 0) is 0 Å². The van der Waals surface area contributed by atoms with E-state index in [1.807, 2.05) is 0 Å². The lowest BCUT2D eigenvalue weighted by Crippen LogP contribution is -2.34. The molecule has 0 radical (unpaired) electrons. The van der Waals surface area contributed by atoms with E-state index in [2.05, 4.69) is 36.7 Å². The topological polar surface area (TPSA) is 138 Å². The molecule has 11 nitrogen and oxygen atoms in total. The quantitative estimate of drug-likeness (QED) is 0.428. The van der Waals surface area contributed by atoms with Crippen LogP contribution in [0.25, 0.3) is 11.6 Å². The molecular weight excluding hydrogens is 476 g/mol. The highest BCUT2D eigenvalue weighted by Gasteiger charge is 2.19. The highest BCUT2D eigenvalue weighted by molar-refractivity contribution is 9.10. The van der Waals surface area contributed by atoms with Crippen LogP contribution in [0.2, 0.25) is 0 Å². The number of ether oxygens (including phenoxy) is 3. The van der Waals surface area contributed by atoms with E-state index in [-0.39, 0.29) is 30.7 Å². The van der Waals surface area contributed by atoms with Crippen molar-refractivity contribution in [2.24, 2.45) is 0 Å². The Hall–Kier alpha value is -3.54. The van der Waals surface area contributed by atoms with Crippen LogP contribution in [0.5, 0.6) is 17.2 Å². The summed E-state index contributed by atoms with van der Waals surface area (Å²) in [4.78, 5) is 28.5. The minimum Gasteiger partial charge on any atom is -0.493 e. The number of carbonyl (C=O) groups excluding carboxylic acids is 2. The average Bonchev–Trinajstić information content (AvgIpc) is 3.44. The Morgan fingerprint density at radius 3 is 2.19 bits per heavy atom. The van der Waals surface area contributed by atoms with Gasteiger partial charge < -0.3 is 33.8 Å². The van der Waals surface area contributed by atoms with Gasteiger partial charge in [-0.05, 0) is 40.2 Å². The number of methoxy groups -OCH3 is 3. The Morgan fingerprint density at radius 2 is 1.65 bits per heavy atom. The third-order valence-corrected chi connectivity index (χ3v) is 4.46. The second kappa shape index (κ2) is 9.98. The summed E-state index contributed by atoms with van der Waals surface area (Å²) in [5.74, 6) is 0.419. The lowest BCUT2D eigenvalue weighted by Gasteiger charge is -2.14. The molecule has 0 aliphatic heterocycles. The first-order chi connectivity index (χ1) is 15.0. The zero-order valence-electron chi connectivity index (χ0n) is 16.9. The molecule has 2 aromatic heterocycles. The van der Waals surface area contributed by atoms with Gasteiger partial charge in [-0.25, -0.2) is 0 Å². The van der Waals surface area contributed by atoms with Crippen LogP contribution in [0.1, 0.15) is 21.0 Å². The van der Waals surface area contributed by atoms with Crippen molar-refractivity contribution in [3.8, 4) is 28.8 Å². The van der Waals surface area contributed by atoms with Crippen molar-refractivity contribution in [1.82, 2.24) is 20.8 Å². The largest absolute Gasteiger partial charge is 0.493 e. The number of benzene rings is 1. The van der Waals surface area contributed by atoms with Crippen LogP contribution in [0, 0.1) is 0 Å². The standard InChI is InChI=1S/C19H19BrN4O7/c1-27-12-8-10(9-13(28-2)15(12)29-3)17(25)21-6-7-22-18(26)19-23-16(24-31-19)11-4-5-14(20)30-11/h4-5,8-9H,6-7H2,1-3H3,(H,21,25)(H,22,26). The number of nitrogens with one attached hydrogen (secondary N) is 2. The van der Waals surface area contributed by atoms with Crippen LogP contribution in [0.15, 0.2) is 37.9 Å². The maximum atomic E-state index is 12.4. The first kappa shape index (κ1) is 22.2. The number of aromatic nitrogens is 2. The minimum absolute atomic E-state index is 0.138. The number of furan rings is 1. The number of carbonyl (C=O) groups is 2. The van der Waals surface area contributed by atoms with E-state index in [0.717, 1.165) is 0 Å². The van der Waals surface area contributed by atoms with Crippen molar-refractivity contribution in [3.63, 3.8) is 0 Å². The number of amides is 2. The summed E-state index contributed by atoms with van der Waals surface area (Å²) in [7, 11) is 4.40. The fraction of sp³-hybridized carbons (Fsp3) is 0.263. The fourth-order valence-corrected chi connectivity index (χ4v) is 2.90. The lowest BCUT2D eigenvalue weighted by atomic mass is 10.1. The van der Waals surface area contributed by atoms with Crippen molar-refractivity contribution in [2.75, 3.05) is 34.4 Å². The number of rotatable bonds is 9. The Morgan fingerprint density at radius 1 is 1.00 bits per heavy atom. The summed E-state index contributed by atoms with van der Waals surface area (Å²) < 4.78 is 26.4. The van der Waals surface area contributed by atoms with Gasteiger partial charge in [0.15, 0.2) is 21.9 Å². The molecule has 0 saturated heterocycles. The molecular formula is C19H19BrN4O7. The van der Waals surface area contributed by atoms with Crippen LogP contribution in [0.4, 0.5) is 0 Å². The first-order valence-corrected chi connectivity index (χ1v) is 9.72. The Bertz CT molecular complexity index is 1050. The van der Waals surface area contributed by atoms with Gasteiger partial charge in [0.05, 0.1) is 21.3 Å². The maximum Gasteiger partial charge on any atom is 0.316 e. The van der Waals surface area contributed by atoms with Crippen LogP contribution in [-0.4, -0.2) is 56.4 Å². The van der Waals surface area contributed by atoms with Gasteiger partial charge in [0.25, 0.3) is 5.91 Å². The van der Waals surface area contributed by atoms with Gasteiger partial charge in [-0.3, -0.25) is 9.59 Å². The summed E-state index contributed by atoms with van der Waals surface area (Å²) >= 11 is 3.17. The predicted molar refractivity (Wildman–Crippen MR) is 110 cm³/mol. The summed E-state index contributed by atoms with van der Waals surface area (Å²) in [5, 5.41) is 8.97. The molecule has 164 valence electrons. The summed E-state index contributed by atoms with van der Waals surface area (Å²) in [6, 6.07) is 6.36. The molecule has 0 fully saturated rings. The molecule has 31 heavy (non-hydrogen) atoms. The molecule has 0 saturated carbocycles. The maximum absolute atomic E-state index is 12.4. The summed E-state index contributed by atoms with van der Waals surface area (Å²) in [6.45, 7) is 0.298. The molecule has 2 amide bonds. The van der Waals surface area contributed by atoms with E-state index in [1.54, 1.807) is 12.1 Å². The second-order valence-electron chi connectivity index (χ2n) is 5.95. The SMILES string of the molecule is COc1cc(C(=O)NCCNC(=O)c2nc(-c3ccc(Br)o3)no2)cc(OC)c1OC. The molecule has 2 N–H and O–H groups in total. The molecule has 12 heteroatoms. The molecule has 3 aromatic rings. The van der Waals surface area contributed by atoms with Gasteiger partial charge in [-0.1, -0.05) is 5.16 Å². The summed E-state index contributed by atoms with van der Waals surface area (Å²) in [5.41, 5.74) is 0.312. The highest BCUT2D eigenvalue weighted by atomic mass is 79.9. The molecule has 3 rings (SSSR count). The zero-order chi connectivity index (χ0) is 22.4. The number of hydrogen-bond acceptors (Lipinski definition) is 9. The van der Waals surface area contributed by atoms with E-state index < -0.39 is 5.91 Å². The van der Waals surface area contributed by atoms with Crippen LogP contribution < -0.4 is 24.8 Å². The fourth-order valence-electron chi connectivity index (χ4n) is 2.59. The van der Waals surface area contributed by atoms with Crippen molar-refractivity contribution in [2.45, 2.75) is 0 Å². The molecule has 1 aromatic carbocycles. The van der Waals surface area contributed by atoms with Crippen molar-refractivity contribution < 1.29 is 32.7 Å². The van der Waals surface area contributed by atoms with Crippen molar-refractivity contribution in [3.05, 3.63) is 40.4 Å². The highest BCUT2D eigenvalue weighted by Crippen LogP contribution is 2.38. The van der Waals surface area contributed by atoms with Crippen molar-refractivity contribution in [1.29, 1.82) is 0 Å². The molecule has 0 atom stereocenters. The van der Waals surface area contributed by atoms with Gasteiger partial charge in [-0.15, -0.1) is 0 Å².